The number of aryl methyl sites for hydroxylation is 3. The maximum Gasteiger partial charge on any atom is 0.118 e. The van der Waals surface area contributed by atoms with E-state index in [4.69, 9.17) is 9.47 Å². The van der Waals surface area contributed by atoms with Crippen molar-refractivity contribution in [1.29, 1.82) is 0 Å². The lowest BCUT2D eigenvalue weighted by Gasteiger charge is -2.07. The zero-order chi connectivity index (χ0) is 31.9. The van der Waals surface area contributed by atoms with E-state index < -0.39 is 0 Å². The number of ether oxygens (including phenoxy) is 2. The largest absolute Gasteiger partial charge is 0.497 e. The summed E-state index contributed by atoms with van der Waals surface area (Å²) >= 11 is 7.13. The molecule has 4 aromatic heterocycles. The Morgan fingerprint density at radius 3 is 1.61 bits per heavy atom. The summed E-state index contributed by atoms with van der Waals surface area (Å²) in [7, 11) is 3.36. The molecule has 0 N–H and O–H groups in total. The van der Waals surface area contributed by atoms with Crippen LogP contribution in [0.2, 0.25) is 0 Å². The quantitative estimate of drug-likeness (QED) is 0.171. The number of methoxy groups -OCH3 is 2. The van der Waals surface area contributed by atoms with Gasteiger partial charge in [-0.05, 0) is 89.8 Å². The molecule has 0 atom stereocenters. The van der Waals surface area contributed by atoms with Crippen molar-refractivity contribution in [1.82, 2.24) is 29.5 Å². The highest BCUT2D eigenvalue weighted by Gasteiger charge is 2.15. The third kappa shape index (κ3) is 5.74. The summed E-state index contributed by atoms with van der Waals surface area (Å²) in [6, 6.07) is 20.5. The van der Waals surface area contributed by atoms with Crippen molar-refractivity contribution in [3.05, 3.63) is 104 Å². The summed E-state index contributed by atoms with van der Waals surface area (Å²) in [6.07, 6.45) is 3.85. The van der Waals surface area contributed by atoms with Crippen molar-refractivity contribution in [3.8, 4) is 11.5 Å². The van der Waals surface area contributed by atoms with Crippen LogP contribution in [0.25, 0.3) is 42.2 Å². The molecule has 0 amide bonds. The van der Waals surface area contributed by atoms with Gasteiger partial charge in [0.15, 0.2) is 0 Å². The van der Waals surface area contributed by atoms with Gasteiger partial charge in [-0.3, -0.25) is 9.36 Å². The fourth-order valence-electron chi connectivity index (χ4n) is 5.75. The molecule has 0 aliphatic heterocycles. The van der Waals surface area contributed by atoms with E-state index in [-0.39, 0.29) is 0 Å². The zero-order valence-corrected chi connectivity index (χ0v) is 29.3. The van der Waals surface area contributed by atoms with Gasteiger partial charge in [0, 0.05) is 15.2 Å². The molecular formula is C35H31BrN6O2S2. The van der Waals surface area contributed by atoms with E-state index in [1.54, 1.807) is 36.9 Å². The Kier molecular flexibility index (Phi) is 8.22. The molecule has 4 aromatic carbocycles. The van der Waals surface area contributed by atoms with Gasteiger partial charge in [0.2, 0.25) is 0 Å². The van der Waals surface area contributed by atoms with E-state index in [2.05, 4.69) is 84.1 Å². The molecule has 46 heavy (non-hydrogen) atoms. The summed E-state index contributed by atoms with van der Waals surface area (Å²) in [6.45, 7) is 7.67. The van der Waals surface area contributed by atoms with Crippen LogP contribution in [-0.4, -0.2) is 43.7 Å². The zero-order valence-electron chi connectivity index (χ0n) is 26.0. The highest BCUT2D eigenvalue weighted by atomic mass is 79.9. The maximum atomic E-state index is 5.21. The van der Waals surface area contributed by atoms with Crippen molar-refractivity contribution in [2.45, 2.75) is 33.9 Å². The first-order valence-electron chi connectivity index (χ1n) is 14.7. The normalized spacial score (nSPS) is 11.4. The van der Waals surface area contributed by atoms with Crippen LogP contribution >= 0.6 is 38.6 Å². The average Bonchev–Trinajstić information content (AvgIpc) is 3.83. The number of hydrogen-bond donors (Lipinski definition) is 0. The summed E-state index contributed by atoms with van der Waals surface area (Å²) in [5.74, 6) is 1.73. The molecule has 0 radical (unpaired) electrons. The van der Waals surface area contributed by atoms with Crippen LogP contribution in [-0.2, 0) is 13.1 Å². The summed E-state index contributed by atoms with van der Waals surface area (Å²) in [4.78, 5) is 9.33. The number of nitrogens with zero attached hydrogens (tertiary/aromatic N) is 6. The number of rotatable bonds is 6. The van der Waals surface area contributed by atoms with Gasteiger partial charge in [-0.2, -0.15) is 10.2 Å². The van der Waals surface area contributed by atoms with E-state index in [1.807, 2.05) is 55.2 Å². The smallest absolute Gasteiger partial charge is 0.118 e. The molecule has 4 heterocycles. The SMILES string of the molecule is COc1ccc(Cn2ncc3c4nc(C)sc4cc(Br)c32)cc1.COc1ccc(Cn2ncc3c4nc(C)sc4cc(C)c32)cc1. The lowest BCUT2D eigenvalue weighted by atomic mass is 10.1. The van der Waals surface area contributed by atoms with Crippen LogP contribution in [0.3, 0.4) is 0 Å². The molecule has 11 heteroatoms. The number of fused-ring (bicyclic) bond motifs is 6. The Balaban J connectivity index is 0.000000147. The standard InChI is InChI=1S/C18H17N3OS.C17H14BrN3OS/c1-11-8-16-17(20-12(2)23-16)15-9-19-21(18(11)15)10-13-4-6-14(22-3)7-5-13;1-10-20-16-13-8-19-21(17(13)14(18)7-15(16)23-10)9-11-3-5-12(22-2)6-4-11/h4-9H,10H2,1-3H3;3-8H,9H2,1-2H3. The molecule has 0 saturated heterocycles. The molecule has 0 fully saturated rings. The van der Waals surface area contributed by atoms with Crippen molar-refractivity contribution < 1.29 is 9.47 Å². The fourth-order valence-corrected chi connectivity index (χ4v) is 8.37. The highest BCUT2D eigenvalue weighted by Crippen LogP contribution is 2.35. The van der Waals surface area contributed by atoms with Crippen LogP contribution in [0.15, 0.2) is 77.5 Å². The van der Waals surface area contributed by atoms with Gasteiger partial charge in [-0.25, -0.2) is 9.97 Å². The Morgan fingerprint density at radius 2 is 1.11 bits per heavy atom. The number of thiazole rings is 2. The summed E-state index contributed by atoms with van der Waals surface area (Å²) < 4.78 is 18.0. The lowest BCUT2D eigenvalue weighted by Crippen LogP contribution is -2.02. The van der Waals surface area contributed by atoms with E-state index in [0.717, 1.165) is 59.9 Å². The molecule has 8 nitrogen and oxygen atoms in total. The second-order valence-corrected chi connectivity index (χ2v) is 14.4. The second-order valence-electron chi connectivity index (χ2n) is 11.0. The van der Waals surface area contributed by atoms with Gasteiger partial charge in [-0.15, -0.1) is 22.7 Å². The van der Waals surface area contributed by atoms with Gasteiger partial charge >= 0.3 is 0 Å². The third-order valence-electron chi connectivity index (χ3n) is 7.90. The van der Waals surface area contributed by atoms with Crippen LogP contribution in [0.5, 0.6) is 11.5 Å². The van der Waals surface area contributed by atoms with Gasteiger partial charge < -0.3 is 9.47 Å². The molecule has 8 rings (SSSR count). The molecular weight excluding hydrogens is 680 g/mol. The van der Waals surface area contributed by atoms with Crippen LogP contribution < -0.4 is 9.47 Å². The number of halogens is 1. The van der Waals surface area contributed by atoms with Crippen LogP contribution in [0, 0.1) is 20.8 Å². The molecule has 0 bridgehead atoms. The number of aromatic nitrogens is 6. The Hall–Kier alpha value is -4.32. The second kappa shape index (κ2) is 12.5. The van der Waals surface area contributed by atoms with Crippen molar-refractivity contribution in [2.24, 2.45) is 0 Å². The van der Waals surface area contributed by atoms with Crippen LogP contribution in [0.4, 0.5) is 0 Å². The first-order chi connectivity index (χ1) is 22.3. The van der Waals surface area contributed by atoms with E-state index in [0.29, 0.717) is 6.54 Å². The minimum atomic E-state index is 0.709. The predicted molar refractivity (Wildman–Crippen MR) is 192 cm³/mol. The molecule has 0 aliphatic rings. The number of benzene rings is 4. The molecule has 0 aliphatic carbocycles. The first-order valence-corrected chi connectivity index (χ1v) is 17.1. The van der Waals surface area contributed by atoms with Gasteiger partial charge in [0.25, 0.3) is 0 Å². The topological polar surface area (TPSA) is 79.9 Å². The Morgan fingerprint density at radius 1 is 0.652 bits per heavy atom. The first kappa shape index (κ1) is 30.3. The molecule has 8 aromatic rings. The Bertz CT molecular complexity index is 2170. The minimum absolute atomic E-state index is 0.709. The van der Waals surface area contributed by atoms with Gasteiger partial charge in [-0.1, -0.05) is 24.3 Å². The van der Waals surface area contributed by atoms with Gasteiger partial charge in [0.05, 0.1) is 81.2 Å². The molecule has 0 unspecified atom stereocenters. The summed E-state index contributed by atoms with van der Waals surface area (Å²) in [5, 5.41) is 13.6. The molecule has 0 spiro atoms. The number of hydrogen-bond acceptors (Lipinski definition) is 8. The predicted octanol–water partition coefficient (Wildman–Crippen LogP) is 9.09. The van der Waals surface area contributed by atoms with Gasteiger partial charge in [0.1, 0.15) is 11.5 Å². The summed E-state index contributed by atoms with van der Waals surface area (Å²) in [5.41, 5.74) is 7.96. The van der Waals surface area contributed by atoms with Crippen molar-refractivity contribution >= 4 is 80.8 Å². The molecule has 0 saturated carbocycles. The maximum absolute atomic E-state index is 5.21. The van der Waals surface area contributed by atoms with Crippen LogP contribution in [0.1, 0.15) is 26.7 Å². The Labute approximate surface area is 282 Å². The van der Waals surface area contributed by atoms with E-state index in [9.17, 15) is 0 Å². The average molecular weight is 712 g/mol. The van der Waals surface area contributed by atoms with Crippen molar-refractivity contribution in [3.63, 3.8) is 0 Å². The molecule has 232 valence electrons. The minimum Gasteiger partial charge on any atom is -0.497 e. The lowest BCUT2D eigenvalue weighted by molar-refractivity contribution is 0.414. The monoisotopic (exact) mass is 710 g/mol. The third-order valence-corrected chi connectivity index (χ3v) is 10.3. The fraction of sp³-hybridized carbons (Fsp3) is 0.200. The van der Waals surface area contributed by atoms with E-state index >= 15 is 0 Å². The van der Waals surface area contributed by atoms with Crippen molar-refractivity contribution in [2.75, 3.05) is 14.2 Å². The highest BCUT2D eigenvalue weighted by molar-refractivity contribution is 9.10. The van der Waals surface area contributed by atoms with E-state index in [1.165, 1.54) is 31.6 Å².